The van der Waals surface area contributed by atoms with Crippen molar-refractivity contribution >= 4 is 5.91 Å². The van der Waals surface area contributed by atoms with Crippen molar-refractivity contribution in [3.63, 3.8) is 0 Å². The lowest BCUT2D eigenvalue weighted by Crippen LogP contribution is -2.55. The molecule has 0 atom stereocenters. The maximum absolute atomic E-state index is 12.2. The maximum atomic E-state index is 12.2. The predicted octanol–water partition coefficient (Wildman–Crippen LogP) is 2.56. The summed E-state index contributed by atoms with van der Waals surface area (Å²) in [5.41, 5.74) is 8.03. The molecule has 0 unspecified atom stereocenters. The maximum Gasteiger partial charge on any atom is 0.224 e. The number of amides is 1. The highest BCUT2D eigenvalue weighted by Gasteiger charge is 2.34. The minimum absolute atomic E-state index is 0.0915. The van der Waals surface area contributed by atoms with Crippen LogP contribution in [0.25, 0.3) is 0 Å². The third-order valence-electron chi connectivity index (χ3n) is 4.51. The molecule has 0 saturated heterocycles. The van der Waals surface area contributed by atoms with Crippen LogP contribution in [0.5, 0.6) is 0 Å². The van der Waals surface area contributed by atoms with Gasteiger partial charge in [0.2, 0.25) is 5.91 Å². The third kappa shape index (κ3) is 3.83. The van der Waals surface area contributed by atoms with Crippen LogP contribution in [0, 0.1) is 12.8 Å². The molecule has 1 aromatic carbocycles. The molecular formula is C17H26N2O. The van der Waals surface area contributed by atoms with Crippen molar-refractivity contribution in [1.82, 2.24) is 5.32 Å². The SMILES string of the molecule is Cc1ccc(CC(=O)NC2(CN)CCC(C)CC2)cc1. The van der Waals surface area contributed by atoms with Gasteiger partial charge < -0.3 is 11.1 Å². The minimum Gasteiger partial charge on any atom is -0.349 e. The second-order valence-corrected chi connectivity index (χ2v) is 6.38. The molecule has 3 nitrogen and oxygen atoms in total. The topological polar surface area (TPSA) is 55.1 Å². The summed E-state index contributed by atoms with van der Waals surface area (Å²) in [5.74, 6) is 0.845. The van der Waals surface area contributed by atoms with E-state index < -0.39 is 0 Å². The first kappa shape index (κ1) is 15.0. The summed E-state index contributed by atoms with van der Waals surface area (Å²) in [6.45, 7) is 4.87. The Labute approximate surface area is 121 Å². The van der Waals surface area contributed by atoms with Gasteiger partial charge in [-0.3, -0.25) is 4.79 Å². The molecule has 2 rings (SSSR count). The Morgan fingerprint density at radius 2 is 1.90 bits per heavy atom. The lowest BCUT2D eigenvalue weighted by molar-refractivity contribution is -0.122. The first-order valence-corrected chi connectivity index (χ1v) is 7.60. The van der Waals surface area contributed by atoms with E-state index in [4.69, 9.17) is 5.73 Å². The Bertz CT molecular complexity index is 445. The first-order chi connectivity index (χ1) is 9.53. The predicted molar refractivity (Wildman–Crippen MR) is 82.4 cm³/mol. The fourth-order valence-electron chi connectivity index (χ4n) is 2.93. The smallest absolute Gasteiger partial charge is 0.224 e. The van der Waals surface area contributed by atoms with Crippen molar-refractivity contribution in [1.29, 1.82) is 0 Å². The van der Waals surface area contributed by atoms with E-state index in [9.17, 15) is 4.79 Å². The highest BCUT2D eigenvalue weighted by Crippen LogP contribution is 2.31. The molecule has 20 heavy (non-hydrogen) atoms. The van der Waals surface area contributed by atoms with Crippen LogP contribution in [0.3, 0.4) is 0 Å². The van der Waals surface area contributed by atoms with Gasteiger partial charge in [0.1, 0.15) is 0 Å². The normalized spacial score (nSPS) is 26.2. The van der Waals surface area contributed by atoms with Gasteiger partial charge in [-0.1, -0.05) is 36.8 Å². The van der Waals surface area contributed by atoms with E-state index in [2.05, 4.69) is 19.2 Å². The molecule has 3 heteroatoms. The number of nitrogens with one attached hydrogen (secondary N) is 1. The molecule has 1 aliphatic rings. The van der Waals surface area contributed by atoms with Gasteiger partial charge in [-0.05, 0) is 44.1 Å². The van der Waals surface area contributed by atoms with E-state index in [1.165, 1.54) is 5.56 Å². The lowest BCUT2D eigenvalue weighted by atomic mass is 9.77. The molecule has 0 spiro atoms. The Morgan fingerprint density at radius 1 is 1.30 bits per heavy atom. The van der Waals surface area contributed by atoms with E-state index in [0.29, 0.717) is 13.0 Å². The summed E-state index contributed by atoms with van der Waals surface area (Å²) >= 11 is 0. The standard InChI is InChI=1S/C17H26N2O/c1-13-3-5-15(6-4-13)11-16(20)19-17(12-18)9-7-14(2)8-10-17/h3-6,14H,7-12,18H2,1-2H3,(H,19,20). The zero-order chi connectivity index (χ0) is 14.6. The molecule has 1 fully saturated rings. The molecule has 0 radical (unpaired) electrons. The highest BCUT2D eigenvalue weighted by molar-refractivity contribution is 5.79. The molecule has 1 aromatic rings. The number of nitrogens with two attached hydrogens (primary N) is 1. The molecule has 1 amide bonds. The van der Waals surface area contributed by atoms with Crippen molar-refractivity contribution < 1.29 is 4.79 Å². The van der Waals surface area contributed by atoms with Crippen molar-refractivity contribution in [3.8, 4) is 0 Å². The largest absolute Gasteiger partial charge is 0.349 e. The van der Waals surface area contributed by atoms with Gasteiger partial charge in [0.25, 0.3) is 0 Å². The molecular weight excluding hydrogens is 248 g/mol. The number of aryl methyl sites for hydroxylation is 1. The Morgan fingerprint density at radius 3 is 2.45 bits per heavy atom. The van der Waals surface area contributed by atoms with Crippen LogP contribution in [0.4, 0.5) is 0 Å². The van der Waals surface area contributed by atoms with Crippen LogP contribution >= 0.6 is 0 Å². The Hall–Kier alpha value is -1.35. The van der Waals surface area contributed by atoms with Crippen LogP contribution in [0.15, 0.2) is 24.3 Å². The van der Waals surface area contributed by atoms with Crippen molar-refractivity contribution in [3.05, 3.63) is 35.4 Å². The monoisotopic (exact) mass is 274 g/mol. The molecule has 0 bridgehead atoms. The third-order valence-corrected chi connectivity index (χ3v) is 4.51. The first-order valence-electron chi connectivity index (χ1n) is 7.60. The quantitative estimate of drug-likeness (QED) is 0.886. The van der Waals surface area contributed by atoms with E-state index in [-0.39, 0.29) is 11.4 Å². The number of carbonyl (C=O) groups excluding carboxylic acids is 1. The van der Waals surface area contributed by atoms with Gasteiger partial charge in [0.05, 0.1) is 12.0 Å². The summed E-state index contributed by atoms with van der Waals surface area (Å²) in [7, 11) is 0. The van der Waals surface area contributed by atoms with Crippen LogP contribution in [-0.4, -0.2) is 18.0 Å². The Balaban J connectivity index is 1.94. The van der Waals surface area contributed by atoms with Crippen molar-refractivity contribution in [2.45, 2.75) is 51.5 Å². The van der Waals surface area contributed by atoms with Crippen LogP contribution < -0.4 is 11.1 Å². The van der Waals surface area contributed by atoms with Gasteiger partial charge in [0, 0.05) is 6.54 Å². The molecule has 3 N–H and O–H groups in total. The Kier molecular flexibility index (Phi) is 4.81. The second-order valence-electron chi connectivity index (χ2n) is 6.38. The summed E-state index contributed by atoms with van der Waals surface area (Å²) in [4.78, 5) is 12.2. The van der Waals surface area contributed by atoms with Gasteiger partial charge in [-0.15, -0.1) is 0 Å². The van der Waals surface area contributed by atoms with Crippen LogP contribution in [0.1, 0.15) is 43.7 Å². The molecule has 0 aromatic heterocycles. The number of hydrogen-bond acceptors (Lipinski definition) is 2. The molecule has 0 heterocycles. The minimum atomic E-state index is -0.172. The van der Waals surface area contributed by atoms with Gasteiger partial charge in [-0.2, -0.15) is 0 Å². The second kappa shape index (κ2) is 6.40. The summed E-state index contributed by atoms with van der Waals surface area (Å²) in [5, 5.41) is 3.20. The van der Waals surface area contributed by atoms with E-state index in [1.807, 2.05) is 24.3 Å². The fraction of sp³-hybridized carbons (Fsp3) is 0.588. The highest BCUT2D eigenvalue weighted by atomic mass is 16.1. The average molecular weight is 274 g/mol. The molecule has 0 aliphatic heterocycles. The lowest BCUT2D eigenvalue weighted by Gasteiger charge is -2.39. The molecule has 110 valence electrons. The van der Waals surface area contributed by atoms with Crippen LogP contribution in [-0.2, 0) is 11.2 Å². The number of benzene rings is 1. The van der Waals surface area contributed by atoms with E-state index in [1.54, 1.807) is 0 Å². The number of hydrogen-bond donors (Lipinski definition) is 2. The molecule has 1 aliphatic carbocycles. The van der Waals surface area contributed by atoms with Crippen molar-refractivity contribution in [2.75, 3.05) is 6.54 Å². The summed E-state index contributed by atoms with van der Waals surface area (Å²) < 4.78 is 0. The van der Waals surface area contributed by atoms with Crippen molar-refractivity contribution in [2.24, 2.45) is 11.7 Å². The van der Waals surface area contributed by atoms with Crippen LogP contribution in [0.2, 0.25) is 0 Å². The van der Waals surface area contributed by atoms with E-state index >= 15 is 0 Å². The summed E-state index contributed by atoms with van der Waals surface area (Å²) in [6.07, 6.45) is 4.76. The molecule has 1 saturated carbocycles. The number of rotatable bonds is 4. The number of carbonyl (C=O) groups is 1. The van der Waals surface area contributed by atoms with Gasteiger partial charge in [-0.25, -0.2) is 0 Å². The zero-order valence-corrected chi connectivity index (χ0v) is 12.6. The fourth-order valence-corrected chi connectivity index (χ4v) is 2.93. The zero-order valence-electron chi connectivity index (χ0n) is 12.6. The van der Waals surface area contributed by atoms with Gasteiger partial charge in [0.15, 0.2) is 0 Å². The van der Waals surface area contributed by atoms with Gasteiger partial charge >= 0.3 is 0 Å². The van der Waals surface area contributed by atoms with E-state index in [0.717, 1.165) is 37.2 Å². The average Bonchev–Trinajstić information content (AvgIpc) is 2.44. The summed E-state index contributed by atoms with van der Waals surface area (Å²) in [6, 6.07) is 8.13.